The van der Waals surface area contributed by atoms with E-state index in [1.165, 1.54) is 38.9 Å². The summed E-state index contributed by atoms with van der Waals surface area (Å²) < 4.78 is 0. The van der Waals surface area contributed by atoms with Crippen LogP contribution in [0.25, 0.3) is 0 Å². The van der Waals surface area contributed by atoms with Crippen LogP contribution in [-0.4, -0.2) is 60.6 Å². The molecular formula is C14H29N3. The number of likely N-dealkylation sites (tertiary alicyclic amines) is 1. The lowest BCUT2D eigenvalue weighted by Crippen LogP contribution is -2.59. The molecule has 0 spiro atoms. The molecule has 3 nitrogen and oxygen atoms in total. The van der Waals surface area contributed by atoms with E-state index in [0.717, 1.165) is 18.1 Å². The first-order chi connectivity index (χ1) is 8.15. The molecule has 0 radical (unpaired) electrons. The number of likely N-dealkylation sites (N-methyl/N-ethyl adjacent to an activating group) is 1. The van der Waals surface area contributed by atoms with Crippen molar-refractivity contribution >= 4 is 0 Å². The maximum atomic E-state index is 3.69. The number of nitrogens with zero attached hydrogens (tertiary/aromatic N) is 2. The molecule has 0 aromatic carbocycles. The van der Waals surface area contributed by atoms with Crippen LogP contribution in [0.15, 0.2) is 0 Å². The smallest absolute Gasteiger partial charge is 0.0242 e. The van der Waals surface area contributed by atoms with Gasteiger partial charge < -0.3 is 10.2 Å². The van der Waals surface area contributed by atoms with E-state index in [4.69, 9.17) is 0 Å². The van der Waals surface area contributed by atoms with E-state index in [9.17, 15) is 0 Å². The number of hydrogen-bond acceptors (Lipinski definition) is 3. The summed E-state index contributed by atoms with van der Waals surface area (Å²) in [5.74, 6) is 0. The molecule has 4 atom stereocenters. The predicted octanol–water partition coefficient (Wildman–Crippen LogP) is 1.54. The number of rotatable bonds is 3. The highest BCUT2D eigenvalue weighted by atomic mass is 15.3. The van der Waals surface area contributed by atoms with Gasteiger partial charge in [0.1, 0.15) is 0 Å². The third kappa shape index (κ3) is 2.83. The Balaban J connectivity index is 2.00. The van der Waals surface area contributed by atoms with E-state index < -0.39 is 0 Å². The van der Waals surface area contributed by atoms with Crippen molar-refractivity contribution in [3.8, 4) is 0 Å². The Morgan fingerprint density at radius 1 is 1.18 bits per heavy atom. The fraction of sp³-hybridized carbons (Fsp3) is 1.00. The highest BCUT2D eigenvalue weighted by molar-refractivity contribution is 4.94. The minimum absolute atomic E-state index is 0.707. The van der Waals surface area contributed by atoms with Gasteiger partial charge in [0, 0.05) is 43.8 Å². The van der Waals surface area contributed by atoms with Gasteiger partial charge in [0.05, 0.1) is 0 Å². The minimum atomic E-state index is 0.707. The Labute approximate surface area is 107 Å². The van der Waals surface area contributed by atoms with Crippen molar-refractivity contribution in [1.82, 2.24) is 15.1 Å². The summed E-state index contributed by atoms with van der Waals surface area (Å²) in [4.78, 5) is 5.31. The number of hydrogen-bond donors (Lipinski definition) is 1. The summed E-state index contributed by atoms with van der Waals surface area (Å²) in [6.07, 6.45) is 3.88. The largest absolute Gasteiger partial charge is 0.311 e. The molecule has 100 valence electrons. The van der Waals surface area contributed by atoms with Crippen LogP contribution in [0.3, 0.4) is 0 Å². The van der Waals surface area contributed by atoms with Gasteiger partial charge in [-0.3, -0.25) is 4.90 Å². The number of piperazine rings is 1. The van der Waals surface area contributed by atoms with Gasteiger partial charge in [-0.05, 0) is 33.2 Å². The minimum Gasteiger partial charge on any atom is -0.311 e. The fourth-order valence-corrected chi connectivity index (χ4v) is 3.39. The molecule has 0 saturated carbocycles. The van der Waals surface area contributed by atoms with Crippen LogP contribution in [0.5, 0.6) is 0 Å². The zero-order valence-corrected chi connectivity index (χ0v) is 11.9. The molecule has 17 heavy (non-hydrogen) atoms. The molecule has 2 heterocycles. The third-order valence-electron chi connectivity index (χ3n) is 4.84. The first kappa shape index (κ1) is 13.3. The summed E-state index contributed by atoms with van der Waals surface area (Å²) in [5.41, 5.74) is 0. The van der Waals surface area contributed by atoms with Crippen molar-refractivity contribution in [1.29, 1.82) is 0 Å². The van der Waals surface area contributed by atoms with Gasteiger partial charge in [-0.25, -0.2) is 0 Å². The third-order valence-corrected chi connectivity index (χ3v) is 4.84. The van der Waals surface area contributed by atoms with Gasteiger partial charge in [0.25, 0.3) is 0 Å². The average molecular weight is 239 g/mol. The van der Waals surface area contributed by atoms with Crippen LogP contribution < -0.4 is 5.32 Å². The van der Waals surface area contributed by atoms with Gasteiger partial charge in [0.2, 0.25) is 0 Å². The van der Waals surface area contributed by atoms with E-state index in [2.05, 4.69) is 42.9 Å². The Morgan fingerprint density at radius 2 is 1.94 bits per heavy atom. The molecule has 0 aromatic heterocycles. The van der Waals surface area contributed by atoms with Gasteiger partial charge in [-0.1, -0.05) is 13.8 Å². The monoisotopic (exact) mass is 239 g/mol. The van der Waals surface area contributed by atoms with E-state index in [0.29, 0.717) is 6.04 Å². The van der Waals surface area contributed by atoms with Gasteiger partial charge in [0.15, 0.2) is 0 Å². The quantitative estimate of drug-likeness (QED) is 0.806. The van der Waals surface area contributed by atoms with E-state index in [1.54, 1.807) is 0 Å². The molecule has 2 saturated heterocycles. The second-order valence-electron chi connectivity index (χ2n) is 5.95. The highest BCUT2D eigenvalue weighted by Crippen LogP contribution is 2.25. The molecule has 4 unspecified atom stereocenters. The molecule has 0 amide bonds. The lowest BCUT2D eigenvalue weighted by atomic mass is 10.0. The fourth-order valence-electron chi connectivity index (χ4n) is 3.39. The molecule has 0 bridgehead atoms. The Kier molecular flexibility index (Phi) is 4.45. The molecule has 0 aromatic rings. The van der Waals surface area contributed by atoms with Crippen LogP contribution in [-0.2, 0) is 0 Å². The predicted molar refractivity (Wildman–Crippen MR) is 73.4 cm³/mol. The lowest BCUT2D eigenvalue weighted by molar-refractivity contribution is 0.0813. The maximum Gasteiger partial charge on any atom is 0.0242 e. The number of nitrogens with one attached hydrogen (secondary N) is 1. The zero-order chi connectivity index (χ0) is 12.4. The molecule has 2 aliphatic heterocycles. The van der Waals surface area contributed by atoms with Crippen molar-refractivity contribution in [2.45, 2.75) is 64.2 Å². The van der Waals surface area contributed by atoms with Crippen LogP contribution in [0.4, 0.5) is 0 Å². The highest BCUT2D eigenvalue weighted by Gasteiger charge is 2.36. The summed E-state index contributed by atoms with van der Waals surface area (Å²) in [5, 5.41) is 3.69. The van der Waals surface area contributed by atoms with Gasteiger partial charge in [-0.15, -0.1) is 0 Å². The maximum absolute atomic E-state index is 3.69. The van der Waals surface area contributed by atoms with Gasteiger partial charge >= 0.3 is 0 Å². The summed E-state index contributed by atoms with van der Waals surface area (Å²) >= 11 is 0. The topological polar surface area (TPSA) is 18.5 Å². The van der Waals surface area contributed by atoms with E-state index >= 15 is 0 Å². The first-order valence-corrected chi connectivity index (χ1v) is 7.35. The second-order valence-corrected chi connectivity index (χ2v) is 5.95. The van der Waals surface area contributed by atoms with Crippen molar-refractivity contribution < 1.29 is 0 Å². The van der Waals surface area contributed by atoms with Crippen molar-refractivity contribution in [2.24, 2.45) is 0 Å². The Bertz CT molecular complexity index is 234. The van der Waals surface area contributed by atoms with Crippen molar-refractivity contribution in [3.05, 3.63) is 0 Å². The second kappa shape index (κ2) is 5.68. The van der Waals surface area contributed by atoms with Crippen LogP contribution in [0.2, 0.25) is 0 Å². The molecule has 2 rings (SSSR count). The molecular weight excluding hydrogens is 210 g/mol. The standard InChI is InChI=1S/C14H29N3/c1-5-12-9-17(13(6-2)8-15-12)14-7-11(3)16(4)10-14/h11-15H,5-10H2,1-4H3. The summed E-state index contributed by atoms with van der Waals surface area (Å²) in [7, 11) is 2.27. The normalized spacial score (nSPS) is 40.9. The lowest BCUT2D eigenvalue weighted by Gasteiger charge is -2.43. The van der Waals surface area contributed by atoms with Crippen LogP contribution in [0.1, 0.15) is 40.0 Å². The van der Waals surface area contributed by atoms with E-state index in [-0.39, 0.29) is 0 Å². The van der Waals surface area contributed by atoms with Crippen LogP contribution >= 0.6 is 0 Å². The van der Waals surface area contributed by atoms with Gasteiger partial charge in [-0.2, -0.15) is 0 Å². The Morgan fingerprint density at radius 3 is 2.47 bits per heavy atom. The first-order valence-electron chi connectivity index (χ1n) is 7.35. The summed E-state index contributed by atoms with van der Waals surface area (Å²) in [6, 6.07) is 3.00. The molecule has 0 aliphatic carbocycles. The van der Waals surface area contributed by atoms with Crippen molar-refractivity contribution in [3.63, 3.8) is 0 Å². The SMILES string of the molecule is CCC1CN(C2CC(C)N(C)C2)C(CC)CN1. The Hall–Kier alpha value is -0.120. The summed E-state index contributed by atoms with van der Waals surface area (Å²) in [6.45, 7) is 10.7. The van der Waals surface area contributed by atoms with E-state index in [1.807, 2.05) is 0 Å². The molecule has 1 N–H and O–H groups in total. The molecule has 3 heteroatoms. The molecule has 2 aliphatic rings. The van der Waals surface area contributed by atoms with Crippen molar-refractivity contribution in [2.75, 3.05) is 26.7 Å². The van der Waals surface area contributed by atoms with Crippen LogP contribution in [0, 0.1) is 0 Å². The average Bonchev–Trinajstić information content (AvgIpc) is 2.68. The zero-order valence-electron chi connectivity index (χ0n) is 11.9. The molecule has 2 fully saturated rings.